The van der Waals surface area contributed by atoms with Crippen molar-refractivity contribution in [2.24, 2.45) is 10.9 Å². The Morgan fingerprint density at radius 2 is 1.62 bits per heavy atom. The average Bonchev–Trinajstić information content (AvgIpc) is 2.77. The van der Waals surface area contributed by atoms with Gasteiger partial charge in [0, 0.05) is 37.9 Å². The molecule has 2 aromatic rings. The van der Waals surface area contributed by atoms with E-state index in [0.29, 0.717) is 18.5 Å². The summed E-state index contributed by atoms with van der Waals surface area (Å²) in [4.78, 5) is 20.9. The Morgan fingerprint density at radius 3 is 2.19 bits per heavy atom. The van der Waals surface area contributed by atoms with Crippen molar-refractivity contribution >= 4 is 17.6 Å². The number of aliphatic imine (C=N–C) groups is 1. The van der Waals surface area contributed by atoms with E-state index in [1.807, 2.05) is 0 Å². The van der Waals surface area contributed by atoms with Crippen molar-refractivity contribution in [1.29, 1.82) is 0 Å². The number of carboxylic acid groups (broad SMARTS) is 1. The van der Waals surface area contributed by atoms with Crippen LogP contribution in [0.25, 0.3) is 0 Å². The molecular weight excluding hydrogens is 400 g/mol. The minimum atomic E-state index is -0.920. The van der Waals surface area contributed by atoms with Gasteiger partial charge in [0.1, 0.15) is 0 Å². The molecule has 172 valence electrons. The molecule has 1 aliphatic rings. The molecule has 32 heavy (non-hydrogen) atoms. The molecule has 0 spiro atoms. The molecule has 2 aromatic carbocycles. The lowest BCUT2D eigenvalue weighted by molar-refractivity contribution is 0.0697. The molecule has 1 saturated heterocycles. The number of carbonyl (C=O) groups is 1. The molecule has 1 fully saturated rings. The van der Waals surface area contributed by atoms with Crippen molar-refractivity contribution in [3.8, 4) is 0 Å². The lowest BCUT2D eigenvalue weighted by Crippen LogP contribution is -2.53. The van der Waals surface area contributed by atoms with E-state index in [1.165, 1.54) is 17.5 Å². The summed E-state index contributed by atoms with van der Waals surface area (Å²) in [5.41, 5.74) is 3.52. The normalized spacial score (nSPS) is 16.3. The Morgan fingerprint density at radius 1 is 1.00 bits per heavy atom. The van der Waals surface area contributed by atoms with Gasteiger partial charge in [-0.3, -0.25) is 4.90 Å². The van der Waals surface area contributed by atoms with Gasteiger partial charge in [-0.15, -0.1) is 0 Å². The second-order valence-corrected chi connectivity index (χ2v) is 9.13. The molecule has 1 heterocycles. The van der Waals surface area contributed by atoms with Crippen LogP contribution in [0.4, 0.5) is 5.69 Å². The van der Waals surface area contributed by atoms with E-state index in [9.17, 15) is 4.79 Å². The van der Waals surface area contributed by atoms with Crippen LogP contribution in [0.3, 0.4) is 0 Å². The van der Waals surface area contributed by atoms with Gasteiger partial charge in [-0.1, -0.05) is 43.7 Å². The number of aromatic carboxylic acids is 1. The first kappa shape index (κ1) is 23.8. The van der Waals surface area contributed by atoms with Gasteiger partial charge in [0.05, 0.1) is 12.1 Å². The molecule has 0 saturated carbocycles. The number of anilines is 1. The van der Waals surface area contributed by atoms with Gasteiger partial charge in [0.25, 0.3) is 0 Å². The van der Waals surface area contributed by atoms with Crippen LogP contribution in [0.15, 0.2) is 53.5 Å². The highest BCUT2D eigenvalue weighted by atomic mass is 16.4. The number of carboxylic acids is 1. The number of rotatable bonds is 7. The molecule has 1 aliphatic heterocycles. The smallest absolute Gasteiger partial charge is 0.335 e. The molecular formula is C26H36N4O2. The molecule has 0 aromatic heterocycles. The third kappa shape index (κ3) is 6.82. The summed E-state index contributed by atoms with van der Waals surface area (Å²) in [6.07, 6.45) is 1.21. The number of benzene rings is 2. The zero-order valence-electron chi connectivity index (χ0n) is 19.7. The SMILES string of the molecule is Cc1ccc(CN=C(Nc2ccc(C(=O)O)cc2)N2CCN([C@@H](C)CC(C)C)CC2)cc1. The number of hydrogen-bond donors (Lipinski definition) is 2. The quantitative estimate of drug-likeness (QED) is 0.486. The predicted molar refractivity (Wildman–Crippen MR) is 131 cm³/mol. The standard InChI is InChI=1S/C26H36N4O2/c1-19(2)17-21(4)29-13-15-30(16-14-29)26(27-18-22-7-5-20(3)6-8-22)28-24-11-9-23(10-12-24)25(31)32/h5-12,19,21H,13-18H2,1-4H3,(H,27,28)(H,31,32)/t21-/m0/s1. The first-order valence-electron chi connectivity index (χ1n) is 11.5. The summed E-state index contributed by atoms with van der Waals surface area (Å²) in [6.45, 7) is 13.4. The van der Waals surface area contributed by atoms with Crippen LogP contribution < -0.4 is 5.32 Å². The second-order valence-electron chi connectivity index (χ2n) is 9.13. The van der Waals surface area contributed by atoms with Crippen molar-refractivity contribution in [1.82, 2.24) is 9.80 Å². The highest BCUT2D eigenvalue weighted by Gasteiger charge is 2.23. The second kappa shape index (κ2) is 11.1. The Hall–Kier alpha value is -2.86. The van der Waals surface area contributed by atoms with Crippen molar-refractivity contribution in [2.45, 2.75) is 46.7 Å². The summed E-state index contributed by atoms with van der Waals surface area (Å²) in [5.74, 6) is 0.617. The Balaban J connectivity index is 1.72. The van der Waals surface area contributed by atoms with Crippen LogP contribution in [-0.4, -0.2) is 59.1 Å². The van der Waals surface area contributed by atoms with Crippen molar-refractivity contribution in [3.05, 3.63) is 65.2 Å². The molecule has 1 atom stereocenters. The number of aryl methyl sites for hydroxylation is 1. The van der Waals surface area contributed by atoms with Gasteiger partial charge in [-0.05, 0) is 56.0 Å². The Bertz CT molecular complexity index is 898. The summed E-state index contributed by atoms with van der Waals surface area (Å²) in [6, 6.07) is 15.9. The fourth-order valence-electron chi connectivity index (χ4n) is 4.11. The molecule has 0 aliphatic carbocycles. The van der Waals surface area contributed by atoms with Crippen LogP contribution in [0, 0.1) is 12.8 Å². The van der Waals surface area contributed by atoms with Crippen LogP contribution in [0.2, 0.25) is 0 Å². The lowest BCUT2D eigenvalue weighted by atomic mass is 10.0. The number of guanidine groups is 1. The van der Waals surface area contributed by atoms with Crippen LogP contribution in [0.1, 0.15) is 48.7 Å². The van der Waals surface area contributed by atoms with E-state index in [0.717, 1.165) is 37.8 Å². The van der Waals surface area contributed by atoms with Gasteiger partial charge in [0.2, 0.25) is 0 Å². The van der Waals surface area contributed by atoms with Crippen LogP contribution in [0.5, 0.6) is 0 Å². The van der Waals surface area contributed by atoms with Crippen molar-refractivity contribution < 1.29 is 9.90 Å². The fraction of sp³-hybridized carbons (Fsp3) is 0.462. The Labute approximate surface area is 192 Å². The van der Waals surface area contributed by atoms with Gasteiger partial charge >= 0.3 is 5.97 Å². The van der Waals surface area contributed by atoms with E-state index in [2.05, 4.69) is 67.1 Å². The Kier molecular flexibility index (Phi) is 8.28. The monoisotopic (exact) mass is 436 g/mol. The molecule has 6 nitrogen and oxygen atoms in total. The summed E-state index contributed by atoms with van der Waals surface area (Å²) in [7, 11) is 0. The van der Waals surface area contributed by atoms with Gasteiger partial charge in [0.15, 0.2) is 5.96 Å². The largest absolute Gasteiger partial charge is 0.478 e. The third-order valence-corrected chi connectivity index (χ3v) is 5.97. The highest BCUT2D eigenvalue weighted by molar-refractivity contribution is 5.94. The number of hydrogen-bond acceptors (Lipinski definition) is 3. The first-order chi connectivity index (χ1) is 15.3. The van der Waals surface area contributed by atoms with Gasteiger partial charge < -0.3 is 15.3 Å². The molecule has 0 bridgehead atoms. The minimum Gasteiger partial charge on any atom is -0.478 e. The topological polar surface area (TPSA) is 68.2 Å². The maximum Gasteiger partial charge on any atom is 0.335 e. The van der Waals surface area contributed by atoms with E-state index < -0.39 is 5.97 Å². The third-order valence-electron chi connectivity index (χ3n) is 5.97. The molecule has 6 heteroatoms. The van der Waals surface area contributed by atoms with Crippen molar-refractivity contribution in [3.63, 3.8) is 0 Å². The van der Waals surface area contributed by atoms with E-state index in [1.54, 1.807) is 24.3 Å². The van der Waals surface area contributed by atoms with E-state index in [4.69, 9.17) is 10.1 Å². The molecule has 0 radical (unpaired) electrons. The first-order valence-corrected chi connectivity index (χ1v) is 11.5. The lowest BCUT2D eigenvalue weighted by Gasteiger charge is -2.40. The summed E-state index contributed by atoms with van der Waals surface area (Å²) < 4.78 is 0. The summed E-state index contributed by atoms with van der Waals surface area (Å²) in [5, 5.41) is 12.6. The molecule has 2 N–H and O–H groups in total. The van der Waals surface area contributed by atoms with E-state index in [-0.39, 0.29) is 5.56 Å². The number of nitrogens with zero attached hydrogens (tertiary/aromatic N) is 3. The van der Waals surface area contributed by atoms with Gasteiger partial charge in [-0.2, -0.15) is 0 Å². The van der Waals surface area contributed by atoms with E-state index >= 15 is 0 Å². The molecule has 0 amide bonds. The van der Waals surface area contributed by atoms with Crippen LogP contribution in [-0.2, 0) is 6.54 Å². The zero-order valence-corrected chi connectivity index (χ0v) is 19.7. The predicted octanol–water partition coefficient (Wildman–Crippen LogP) is 4.71. The van der Waals surface area contributed by atoms with Crippen molar-refractivity contribution in [2.75, 3.05) is 31.5 Å². The number of nitrogens with one attached hydrogen (secondary N) is 1. The maximum atomic E-state index is 11.2. The minimum absolute atomic E-state index is 0.279. The molecule has 3 rings (SSSR count). The molecule has 0 unspecified atom stereocenters. The average molecular weight is 437 g/mol. The fourth-order valence-corrected chi connectivity index (χ4v) is 4.11. The number of piperazine rings is 1. The summed E-state index contributed by atoms with van der Waals surface area (Å²) >= 11 is 0. The maximum absolute atomic E-state index is 11.2. The van der Waals surface area contributed by atoms with Crippen LogP contribution >= 0.6 is 0 Å². The van der Waals surface area contributed by atoms with Gasteiger partial charge in [-0.25, -0.2) is 9.79 Å². The zero-order chi connectivity index (χ0) is 23.1. The highest BCUT2D eigenvalue weighted by Crippen LogP contribution is 2.16.